The van der Waals surface area contributed by atoms with E-state index in [0.717, 1.165) is 16.7 Å². The molecule has 1 saturated heterocycles. The van der Waals surface area contributed by atoms with Gasteiger partial charge in [-0.2, -0.15) is 0 Å². The maximum Gasteiger partial charge on any atom is 0.0416 e. The van der Waals surface area contributed by atoms with Crippen LogP contribution in [-0.4, -0.2) is 18.1 Å². The first-order valence-corrected chi connectivity index (χ1v) is 7.79. The van der Waals surface area contributed by atoms with Gasteiger partial charge in [-0.1, -0.05) is 6.07 Å². The Bertz CT molecular complexity index is 579. The summed E-state index contributed by atoms with van der Waals surface area (Å²) in [5.41, 5.74) is 3.65. The van der Waals surface area contributed by atoms with Gasteiger partial charge in [-0.3, -0.25) is 4.98 Å². The zero-order chi connectivity index (χ0) is 13.8. The molecule has 20 heavy (non-hydrogen) atoms. The summed E-state index contributed by atoms with van der Waals surface area (Å²) in [5, 5.41) is 3.46. The molecule has 3 rings (SSSR count). The fraction of sp³-hybridized carbons (Fsp3) is 0.312. The smallest absolute Gasteiger partial charge is 0.0416 e. The maximum atomic E-state index is 4.18. The molecule has 0 bridgehead atoms. The predicted molar refractivity (Wildman–Crippen MR) is 87.2 cm³/mol. The summed E-state index contributed by atoms with van der Waals surface area (Å²) >= 11 is 3.45. The van der Waals surface area contributed by atoms with E-state index < -0.39 is 0 Å². The van der Waals surface area contributed by atoms with Crippen molar-refractivity contribution in [1.82, 2.24) is 4.98 Å². The van der Waals surface area contributed by atoms with Crippen molar-refractivity contribution in [3.63, 3.8) is 0 Å². The topological polar surface area (TPSA) is 28.2 Å². The molecule has 104 valence electrons. The Kier molecular flexibility index (Phi) is 4.21. The van der Waals surface area contributed by atoms with Crippen molar-refractivity contribution in [2.45, 2.75) is 19.4 Å². The first kappa shape index (κ1) is 13.4. The van der Waals surface area contributed by atoms with E-state index >= 15 is 0 Å². The zero-order valence-corrected chi connectivity index (χ0v) is 12.9. The number of benzene rings is 1. The van der Waals surface area contributed by atoms with Gasteiger partial charge in [-0.15, -0.1) is 0 Å². The van der Waals surface area contributed by atoms with Crippen molar-refractivity contribution < 1.29 is 0 Å². The number of nitrogens with zero attached hydrogens (tertiary/aromatic N) is 2. The fourth-order valence-electron chi connectivity index (χ4n) is 2.54. The zero-order valence-electron chi connectivity index (χ0n) is 11.3. The lowest BCUT2D eigenvalue weighted by atomic mass is 10.2. The largest absolute Gasteiger partial charge is 0.381 e. The molecule has 0 saturated carbocycles. The van der Waals surface area contributed by atoms with E-state index in [1.165, 1.54) is 37.2 Å². The molecule has 0 spiro atoms. The summed E-state index contributed by atoms with van der Waals surface area (Å²) < 4.78 is 1.02. The van der Waals surface area contributed by atoms with E-state index in [-0.39, 0.29) is 0 Å². The average Bonchev–Trinajstić information content (AvgIpc) is 3.00. The standard InChI is InChI=1S/C16H18BrN3/c17-14-8-13(10-18-12-14)11-19-15-4-3-5-16(9-15)20-6-1-2-7-20/h3-5,8-10,12,19H,1-2,6-7,11H2. The average molecular weight is 332 g/mol. The summed E-state index contributed by atoms with van der Waals surface area (Å²) in [7, 11) is 0. The van der Waals surface area contributed by atoms with Gasteiger partial charge in [0.1, 0.15) is 0 Å². The second-order valence-corrected chi connectivity index (χ2v) is 6.03. The van der Waals surface area contributed by atoms with Crippen molar-refractivity contribution >= 4 is 27.3 Å². The number of rotatable bonds is 4. The molecule has 1 aromatic heterocycles. The third kappa shape index (κ3) is 3.31. The van der Waals surface area contributed by atoms with Crippen LogP contribution in [-0.2, 0) is 6.54 Å². The summed E-state index contributed by atoms with van der Waals surface area (Å²) in [6.45, 7) is 3.15. The maximum absolute atomic E-state index is 4.18. The van der Waals surface area contributed by atoms with Gasteiger partial charge in [0.25, 0.3) is 0 Å². The van der Waals surface area contributed by atoms with Crippen molar-refractivity contribution in [1.29, 1.82) is 0 Å². The molecule has 1 aliphatic heterocycles. The van der Waals surface area contributed by atoms with E-state index in [9.17, 15) is 0 Å². The highest BCUT2D eigenvalue weighted by Crippen LogP contribution is 2.23. The van der Waals surface area contributed by atoms with Gasteiger partial charge >= 0.3 is 0 Å². The SMILES string of the molecule is Brc1cncc(CNc2cccc(N3CCCC3)c2)c1. The number of hydrogen-bond acceptors (Lipinski definition) is 3. The highest BCUT2D eigenvalue weighted by atomic mass is 79.9. The van der Waals surface area contributed by atoms with Gasteiger partial charge in [-0.25, -0.2) is 0 Å². The monoisotopic (exact) mass is 331 g/mol. The number of pyridine rings is 1. The van der Waals surface area contributed by atoms with Crippen LogP contribution in [0.5, 0.6) is 0 Å². The molecule has 2 heterocycles. The van der Waals surface area contributed by atoms with Crippen molar-refractivity contribution in [3.05, 3.63) is 52.8 Å². The molecule has 1 aliphatic rings. The van der Waals surface area contributed by atoms with Crippen LogP contribution in [0.1, 0.15) is 18.4 Å². The quantitative estimate of drug-likeness (QED) is 0.915. The van der Waals surface area contributed by atoms with Gasteiger partial charge in [0, 0.05) is 47.9 Å². The van der Waals surface area contributed by atoms with E-state index in [1.54, 1.807) is 6.20 Å². The lowest BCUT2D eigenvalue weighted by molar-refractivity contribution is 0.949. The van der Waals surface area contributed by atoms with Crippen molar-refractivity contribution in [2.24, 2.45) is 0 Å². The van der Waals surface area contributed by atoms with Crippen LogP contribution >= 0.6 is 15.9 Å². The van der Waals surface area contributed by atoms with E-state index in [0.29, 0.717) is 0 Å². The Hall–Kier alpha value is -1.55. The highest BCUT2D eigenvalue weighted by Gasteiger charge is 2.12. The van der Waals surface area contributed by atoms with Crippen LogP contribution < -0.4 is 10.2 Å². The van der Waals surface area contributed by atoms with Gasteiger partial charge < -0.3 is 10.2 Å². The van der Waals surface area contributed by atoms with Crippen LogP contribution in [0, 0.1) is 0 Å². The molecular weight excluding hydrogens is 314 g/mol. The van der Waals surface area contributed by atoms with Crippen LogP contribution in [0.2, 0.25) is 0 Å². The normalized spacial score (nSPS) is 14.6. The molecule has 1 N–H and O–H groups in total. The van der Waals surface area contributed by atoms with E-state index in [4.69, 9.17) is 0 Å². The Labute approximate surface area is 128 Å². The molecule has 0 atom stereocenters. The van der Waals surface area contributed by atoms with Crippen LogP contribution in [0.25, 0.3) is 0 Å². The predicted octanol–water partition coefficient (Wildman–Crippen LogP) is 4.06. The third-order valence-electron chi connectivity index (χ3n) is 3.58. The lowest BCUT2D eigenvalue weighted by Crippen LogP contribution is -2.17. The fourth-order valence-corrected chi connectivity index (χ4v) is 2.96. The minimum atomic E-state index is 0.788. The molecular formula is C16H18BrN3. The second kappa shape index (κ2) is 6.27. The minimum Gasteiger partial charge on any atom is -0.381 e. The van der Waals surface area contributed by atoms with E-state index in [2.05, 4.69) is 61.5 Å². The Morgan fingerprint density at radius 3 is 2.80 bits per heavy atom. The molecule has 2 aromatic rings. The number of nitrogens with one attached hydrogen (secondary N) is 1. The van der Waals surface area contributed by atoms with Crippen molar-refractivity contribution in [2.75, 3.05) is 23.3 Å². The summed E-state index contributed by atoms with van der Waals surface area (Å²) in [6.07, 6.45) is 6.31. The molecule has 4 heteroatoms. The molecule has 0 unspecified atom stereocenters. The summed E-state index contributed by atoms with van der Waals surface area (Å²) in [5.74, 6) is 0. The minimum absolute atomic E-state index is 0.788. The highest BCUT2D eigenvalue weighted by molar-refractivity contribution is 9.10. The molecule has 3 nitrogen and oxygen atoms in total. The van der Waals surface area contributed by atoms with Gasteiger partial charge in [0.15, 0.2) is 0 Å². The van der Waals surface area contributed by atoms with Gasteiger partial charge in [0.05, 0.1) is 0 Å². The number of halogens is 1. The molecule has 1 aromatic carbocycles. The van der Waals surface area contributed by atoms with E-state index in [1.807, 2.05) is 6.20 Å². The first-order valence-electron chi connectivity index (χ1n) is 6.99. The third-order valence-corrected chi connectivity index (χ3v) is 4.01. The lowest BCUT2D eigenvalue weighted by Gasteiger charge is -2.18. The molecule has 1 fully saturated rings. The second-order valence-electron chi connectivity index (χ2n) is 5.11. The first-order chi connectivity index (χ1) is 9.81. The van der Waals surface area contributed by atoms with Gasteiger partial charge in [0.2, 0.25) is 0 Å². The van der Waals surface area contributed by atoms with Crippen molar-refractivity contribution in [3.8, 4) is 0 Å². The number of aromatic nitrogens is 1. The van der Waals surface area contributed by atoms with Gasteiger partial charge in [-0.05, 0) is 58.6 Å². The van der Waals surface area contributed by atoms with Crippen LogP contribution in [0.15, 0.2) is 47.2 Å². The Morgan fingerprint density at radius 1 is 1.15 bits per heavy atom. The van der Waals surface area contributed by atoms with Crippen LogP contribution in [0.4, 0.5) is 11.4 Å². The summed E-state index contributed by atoms with van der Waals surface area (Å²) in [4.78, 5) is 6.63. The molecule has 0 aliphatic carbocycles. The van der Waals surface area contributed by atoms with Crippen LogP contribution in [0.3, 0.4) is 0 Å². The Morgan fingerprint density at radius 2 is 2.00 bits per heavy atom. The summed E-state index contributed by atoms with van der Waals surface area (Å²) in [6, 6.07) is 10.7. The Balaban J connectivity index is 1.66. The number of hydrogen-bond donors (Lipinski definition) is 1. The number of anilines is 2. The molecule has 0 amide bonds. The molecule has 0 radical (unpaired) electrons.